The number of methoxy groups -OCH3 is 1. The van der Waals surface area contributed by atoms with Crippen molar-refractivity contribution >= 4 is 29.0 Å². The second kappa shape index (κ2) is 8.99. The van der Waals surface area contributed by atoms with Crippen LogP contribution in [0.2, 0.25) is 0 Å². The van der Waals surface area contributed by atoms with Crippen LogP contribution in [0.25, 0.3) is 17.1 Å². The van der Waals surface area contributed by atoms with Crippen molar-refractivity contribution in [2.45, 2.75) is 19.9 Å². The van der Waals surface area contributed by atoms with E-state index in [2.05, 4.69) is 14.3 Å². The van der Waals surface area contributed by atoms with Crippen molar-refractivity contribution in [2.24, 2.45) is 0 Å². The van der Waals surface area contributed by atoms with E-state index in [-0.39, 0.29) is 0 Å². The van der Waals surface area contributed by atoms with Gasteiger partial charge >= 0.3 is 11.9 Å². The number of imidazole rings is 1. The van der Waals surface area contributed by atoms with Gasteiger partial charge in [0.05, 0.1) is 30.3 Å². The standard InChI is InChI=1S/C22H22N2O4/c1-16-23-19-6-3-4-7-20(19)24(16)14-5-15-28-21(25)13-10-17-8-11-18(12-9-17)22(26)27-2/h3-4,6-13H,5,14-15H2,1-2H3. The number of hydrogen-bond acceptors (Lipinski definition) is 5. The molecule has 0 aliphatic carbocycles. The predicted octanol–water partition coefficient (Wildman–Crippen LogP) is 3.78. The van der Waals surface area contributed by atoms with Crippen molar-refractivity contribution in [2.75, 3.05) is 13.7 Å². The molecule has 0 saturated heterocycles. The smallest absolute Gasteiger partial charge is 0.337 e. The van der Waals surface area contributed by atoms with Crippen LogP contribution in [0.5, 0.6) is 0 Å². The normalized spacial score (nSPS) is 11.1. The molecule has 144 valence electrons. The van der Waals surface area contributed by atoms with Crippen LogP contribution >= 0.6 is 0 Å². The Morgan fingerprint density at radius 3 is 2.61 bits per heavy atom. The Balaban J connectivity index is 1.47. The molecule has 0 bridgehead atoms. The lowest BCUT2D eigenvalue weighted by molar-refractivity contribution is -0.137. The molecular formula is C22H22N2O4. The Bertz CT molecular complexity index is 1000. The van der Waals surface area contributed by atoms with Gasteiger partial charge in [-0.15, -0.1) is 0 Å². The molecule has 1 aromatic heterocycles. The summed E-state index contributed by atoms with van der Waals surface area (Å²) < 4.78 is 12.0. The third-order valence-electron chi connectivity index (χ3n) is 4.36. The van der Waals surface area contributed by atoms with Crippen molar-refractivity contribution in [3.63, 3.8) is 0 Å². The Morgan fingerprint density at radius 2 is 1.86 bits per heavy atom. The minimum atomic E-state index is -0.399. The molecule has 0 spiro atoms. The summed E-state index contributed by atoms with van der Waals surface area (Å²) in [5.74, 6) is 0.155. The highest BCUT2D eigenvalue weighted by Crippen LogP contribution is 2.15. The summed E-state index contributed by atoms with van der Waals surface area (Å²) in [6, 6.07) is 14.8. The molecule has 0 unspecified atom stereocenters. The SMILES string of the molecule is COC(=O)c1ccc(C=CC(=O)OCCCn2c(C)nc3ccccc32)cc1. The van der Waals surface area contributed by atoms with Crippen LogP contribution in [0.4, 0.5) is 0 Å². The van der Waals surface area contributed by atoms with Crippen molar-refractivity contribution in [3.05, 3.63) is 71.6 Å². The van der Waals surface area contributed by atoms with Gasteiger partial charge in [0, 0.05) is 12.6 Å². The molecule has 6 heteroatoms. The van der Waals surface area contributed by atoms with E-state index < -0.39 is 11.9 Å². The first-order valence-corrected chi connectivity index (χ1v) is 9.03. The van der Waals surface area contributed by atoms with Crippen LogP contribution in [0.15, 0.2) is 54.6 Å². The Morgan fingerprint density at radius 1 is 1.11 bits per heavy atom. The third-order valence-corrected chi connectivity index (χ3v) is 4.36. The van der Waals surface area contributed by atoms with Crippen molar-refractivity contribution in [3.8, 4) is 0 Å². The molecule has 0 atom stereocenters. The molecular weight excluding hydrogens is 356 g/mol. The van der Waals surface area contributed by atoms with Gasteiger partial charge in [-0.3, -0.25) is 0 Å². The third kappa shape index (κ3) is 4.65. The Labute approximate surface area is 163 Å². The molecule has 3 rings (SSSR count). The number of carbonyl (C=O) groups is 2. The zero-order valence-electron chi connectivity index (χ0n) is 15.9. The number of benzene rings is 2. The predicted molar refractivity (Wildman–Crippen MR) is 107 cm³/mol. The molecule has 6 nitrogen and oxygen atoms in total. The molecule has 2 aromatic carbocycles. The van der Waals surface area contributed by atoms with Gasteiger partial charge in [0.1, 0.15) is 5.82 Å². The summed E-state index contributed by atoms with van der Waals surface area (Å²) in [4.78, 5) is 27.8. The maximum Gasteiger partial charge on any atom is 0.337 e. The van der Waals surface area contributed by atoms with Crippen LogP contribution in [0, 0.1) is 6.92 Å². The lowest BCUT2D eigenvalue weighted by Crippen LogP contribution is -2.07. The van der Waals surface area contributed by atoms with Crippen LogP contribution in [0.1, 0.15) is 28.2 Å². The zero-order chi connectivity index (χ0) is 19.9. The fraction of sp³-hybridized carbons (Fsp3) is 0.227. The number of para-hydroxylation sites is 2. The fourth-order valence-electron chi connectivity index (χ4n) is 2.93. The minimum absolute atomic E-state index is 0.330. The topological polar surface area (TPSA) is 70.4 Å². The van der Waals surface area contributed by atoms with E-state index in [4.69, 9.17) is 4.74 Å². The number of aryl methyl sites for hydroxylation is 2. The van der Waals surface area contributed by atoms with E-state index in [9.17, 15) is 9.59 Å². The largest absolute Gasteiger partial charge is 0.465 e. The molecule has 0 aliphatic heterocycles. The summed E-state index contributed by atoms with van der Waals surface area (Å²) in [5, 5.41) is 0. The second-order valence-corrected chi connectivity index (χ2v) is 6.27. The average molecular weight is 378 g/mol. The molecule has 0 amide bonds. The highest BCUT2D eigenvalue weighted by Gasteiger charge is 2.07. The maximum absolute atomic E-state index is 11.9. The van der Waals surface area contributed by atoms with E-state index in [1.165, 1.54) is 13.2 Å². The molecule has 28 heavy (non-hydrogen) atoms. The van der Waals surface area contributed by atoms with E-state index in [0.29, 0.717) is 18.6 Å². The van der Waals surface area contributed by atoms with E-state index in [1.807, 2.05) is 31.2 Å². The molecule has 0 radical (unpaired) electrons. The monoisotopic (exact) mass is 378 g/mol. The Hall–Kier alpha value is -3.41. The molecule has 0 aliphatic rings. The maximum atomic E-state index is 11.9. The quantitative estimate of drug-likeness (QED) is 0.355. The summed E-state index contributed by atoms with van der Waals surface area (Å²) in [7, 11) is 1.34. The first-order chi connectivity index (χ1) is 13.6. The van der Waals surface area contributed by atoms with Gasteiger partial charge in [-0.1, -0.05) is 24.3 Å². The second-order valence-electron chi connectivity index (χ2n) is 6.27. The van der Waals surface area contributed by atoms with Crippen molar-refractivity contribution < 1.29 is 19.1 Å². The van der Waals surface area contributed by atoms with Crippen molar-refractivity contribution in [1.82, 2.24) is 9.55 Å². The number of ether oxygens (including phenoxy) is 2. The van der Waals surface area contributed by atoms with E-state index in [1.54, 1.807) is 30.3 Å². The highest BCUT2D eigenvalue weighted by atomic mass is 16.5. The number of rotatable bonds is 7. The minimum Gasteiger partial charge on any atom is -0.465 e. The van der Waals surface area contributed by atoms with Gasteiger partial charge in [-0.2, -0.15) is 0 Å². The van der Waals surface area contributed by atoms with Crippen molar-refractivity contribution in [1.29, 1.82) is 0 Å². The van der Waals surface area contributed by atoms with Gasteiger partial charge in [-0.25, -0.2) is 14.6 Å². The van der Waals surface area contributed by atoms with Gasteiger partial charge in [0.2, 0.25) is 0 Å². The summed E-state index contributed by atoms with van der Waals surface area (Å²) in [6.07, 6.45) is 3.73. The van der Waals surface area contributed by atoms with Gasteiger partial charge in [0.15, 0.2) is 0 Å². The number of fused-ring (bicyclic) bond motifs is 1. The molecule has 0 N–H and O–H groups in total. The zero-order valence-corrected chi connectivity index (χ0v) is 15.9. The number of aromatic nitrogens is 2. The first kappa shape index (κ1) is 19.4. The summed E-state index contributed by atoms with van der Waals surface area (Å²) in [6.45, 7) is 3.04. The van der Waals surface area contributed by atoms with Gasteiger partial charge < -0.3 is 14.0 Å². The van der Waals surface area contributed by atoms with Gasteiger partial charge in [-0.05, 0) is 49.2 Å². The molecule has 1 heterocycles. The van der Waals surface area contributed by atoms with E-state index >= 15 is 0 Å². The molecule has 3 aromatic rings. The summed E-state index contributed by atoms with van der Waals surface area (Å²) in [5.41, 5.74) is 3.31. The van der Waals surface area contributed by atoms with E-state index in [0.717, 1.165) is 29.0 Å². The number of hydrogen-bond donors (Lipinski definition) is 0. The summed E-state index contributed by atoms with van der Waals surface area (Å²) >= 11 is 0. The van der Waals surface area contributed by atoms with Crippen LogP contribution in [-0.4, -0.2) is 35.2 Å². The number of esters is 2. The number of carbonyl (C=O) groups excluding carboxylic acids is 2. The number of nitrogens with zero attached hydrogens (tertiary/aromatic N) is 2. The Kier molecular flexibility index (Phi) is 6.22. The molecule has 0 saturated carbocycles. The fourth-order valence-corrected chi connectivity index (χ4v) is 2.93. The highest BCUT2D eigenvalue weighted by molar-refractivity contribution is 5.90. The lowest BCUT2D eigenvalue weighted by atomic mass is 10.1. The van der Waals surface area contributed by atoms with Gasteiger partial charge in [0.25, 0.3) is 0 Å². The van der Waals surface area contributed by atoms with Crippen LogP contribution < -0.4 is 0 Å². The molecule has 0 fully saturated rings. The first-order valence-electron chi connectivity index (χ1n) is 9.03. The lowest BCUT2D eigenvalue weighted by Gasteiger charge is -2.07. The van der Waals surface area contributed by atoms with Crippen LogP contribution in [0.3, 0.4) is 0 Å². The average Bonchev–Trinajstić information content (AvgIpc) is 3.04. The van der Waals surface area contributed by atoms with Crippen LogP contribution in [-0.2, 0) is 20.8 Å².